The van der Waals surface area contributed by atoms with Crippen LogP contribution in [-0.2, 0) is 0 Å². The van der Waals surface area contributed by atoms with Crippen molar-refractivity contribution < 1.29 is 0 Å². The number of nitrogens with one attached hydrogen (secondary N) is 1. The molecule has 2 nitrogen and oxygen atoms in total. The van der Waals surface area contributed by atoms with Gasteiger partial charge >= 0.3 is 0 Å². The van der Waals surface area contributed by atoms with Crippen molar-refractivity contribution in [3.63, 3.8) is 0 Å². The van der Waals surface area contributed by atoms with Gasteiger partial charge in [-0.05, 0) is 26.2 Å². The first-order chi connectivity index (χ1) is 5.31. The average molecular weight is 156 g/mol. The van der Waals surface area contributed by atoms with Crippen LogP contribution in [0.4, 0.5) is 0 Å². The van der Waals surface area contributed by atoms with E-state index in [4.69, 9.17) is 5.84 Å². The van der Waals surface area contributed by atoms with Crippen LogP contribution in [0, 0.1) is 0 Å². The summed E-state index contributed by atoms with van der Waals surface area (Å²) in [6, 6.07) is 0.457. The van der Waals surface area contributed by atoms with Gasteiger partial charge in [0.25, 0.3) is 0 Å². The summed E-state index contributed by atoms with van der Waals surface area (Å²) in [5.41, 5.74) is 2.74. The lowest BCUT2D eigenvalue weighted by Crippen LogP contribution is -2.32. The van der Waals surface area contributed by atoms with E-state index < -0.39 is 0 Å². The normalized spacial score (nSPS) is 12.9. The van der Waals surface area contributed by atoms with Crippen LogP contribution in [0.2, 0.25) is 0 Å². The largest absolute Gasteiger partial charge is 0.271 e. The Kier molecular flexibility index (Phi) is 7.52. The van der Waals surface area contributed by atoms with Gasteiger partial charge in [0.1, 0.15) is 0 Å². The van der Waals surface area contributed by atoms with Crippen LogP contribution in [0.25, 0.3) is 0 Å². The predicted octanol–water partition coefficient (Wildman–Crippen LogP) is 1.97. The molecule has 0 fully saturated rings. The van der Waals surface area contributed by atoms with E-state index in [2.05, 4.69) is 18.9 Å². The van der Waals surface area contributed by atoms with Gasteiger partial charge < -0.3 is 0 Å². The van der Waals surface area contributed by atoms with Gasteiger partial charge in [0.15, 0.2) is 0 Å². The van der Waals surface area contributed by atoms with E-state index in [1.807, 2.05) is 6.08 Å². The van der Waals surface area contributed by atoms with Crippen molar-refractivity contribution in [2.75, 3.05) is 0 Å². The summed E-state index contributed by atoms with van der Waals surface area (Å²) >= 11 is 0. The second kappa shape index (κ2) is 7.76. The molecule has 1 atom stereocenters. The zero-order chi connectivity index (χ0) is 8.53. The Balaban J connectivity index is 2.95. The molecule has 1 unspecified atom stereocenters. The van der Waals surface area contributed by atoms with E-state index in [1.54, 1.807) is 0 Å². The Labute approximate surface area is 69.8 Å². The summed E-state index contributed by atoms with van der Waals surface area (Å²) in [7, 11) is 0. The molecule has 3 N–H and O–H groups in total. The third-order valence-corrected chi connectivity index (χ3v) is 1.83. The molecule has 0 aliphatic heterocycles. The fourth-order valence-corrected chi connectivity index (χ4v) is 0.999. The van der Waals surface area contributed by atoms with Gasteiger partial charge in [0.2, 0.25) is 0 Å². The van der Waals surface area contributed by atoms with E-state index in [1.165, 1.54) is 25.7 Å². The van der Waals surface area contributed by atoms with Crippen molar-refractivity contribution in [2.45, 2.75) is 45.1 Å². The smallest absolute Gasteiger partial charge is 0.0182 e. The van der Waals surface area contributed by atoms with Crippen LogP contribution < -0.4 is 11.3 Å². The number of hydrogen-bond donors (Lipinski definition) is 2. The third-order valence-electron chi connectivity index (χ3n) is 1.83. The number of rotatable bonds is 7. The molecule has 0 rings (SSSR count). The van der Waals surface area contributed by atoms with Gasteiger partial charge in [0, 0.05) is 6.04 Å². The van der Waals surface area contributed by atoms with E-state index in [-0.39, 0.29) is 0 Å². The van der Waals surface area contributed by atoms with Crippen molar-refractivity contribution in [3.05, 3.63) is 12.7 Å². The Morgan fingerprint density at radius 1 is 1.45 bits per heavy atom. The van der Waals surface area contributed by atoms with E-state index >= 15 is 0 Å². The first-order valence-electron chi connectivity index (χ1n) is 4.38. The van der Waals surface area contributed by atoms with Crippen LogP contribution in [0.5, 0.6) is 0 Å². The topological polar surface area (TPSA) is 38.0 Å². The Hall–Kier alpha value is -0.340. The fraction of sp³-hybridized carbons (Fsp3) is 0.778. The average Bonchev–Trinajstić information content (AvgIpc) is 2.04. The molecule has 2 heteroatoms. The van der Waals surface area contributed by atoms with Crippen molar-refractivity contribution in [1.29, 1.82) is 0 Å². The summed E-state index contributed by atoms with van der Waals surface area (Å²) in [6.45, 7) is 5.78. The molecule has 66 valence electrons. The quantitative estimate of drug-likeness (QED) is 0.256. The lowest BCUT2D eigenvalue weighted by atomic mass is 10.1. The van der Waals surface area contributed by atoms with Crippen LogP contribution >= 0.6 is 0 Å². The predicted molar refractivity (Wildman–Crippen MR) is 50.1 cm³/mol. The standard InChI is InChI=1S/C9H20N2/c1-3-4-5-6-7-8-9(2)11-10/h3,9,11H,1,4-8,10H2,2H3. The maximum absolute atomic E-state index is 5.25. The molecule has 0 saturated heterocycles. The number of unbranched alkanes of at least 4 members (excludes halogenated alkanes) is 3. The second-order valence-corrected chi connectivity index (χ2v) is 2.99. The minimum atomic E-state index is 0.457. The van der Waals surface area contributed by atoms with Gasteiger partial charge in [-0.25, -0.2) is 0 Å². The highest BCUT2D eigenvalue weighted by Crippen LogP contribution is 2.04. The van der Waals surface area contributed by atoms with Crippen LogP contribution in [0.15, 0.2) is 12.7 Å². The lowest BCUT2D eigenvalue weighted by Gasteiger charge is -2.08. The molecule has 0 heterocycles. The summed E-state index contributed by atoms with van der Waals surface area (Å²) in [5, 5.41) is 0. The number of hydrazine groups is 1. The molecule has 0 spiro atoms. The molecule has 0 aliphatic rings. The lowest BCUT2D eigenvalue weighted by molar-refractivity contribution is 0.497. The fourth-order valence-electron chi connectivity index (χ4n) is 0.999. The molecule has 0 saturated carbocycles. The highest BCUT2D eigenvalue weighted by Gasteiger charge is 1.96. The third kappa shape index (κ3) is 7.56. The van der Waals surface area contributed by atoms with E-state index in [0.717, 1.165) is 6.42 Å². The van der Waals surface area contributed by atoms with Crippen LogP contribution in [-0.4, -0.2) is 6.04 Å². The molecular formula is C9H20N2. The van der Waals surface area contributed by atoms with E-state index in [0.29, 0.717) is 6.04 Å². The Morgan fingerprint density at radius 3 is 2.73 bits per heavy atom. The van der Waals surface area contributed by atoms with E-state index in [9.17, 15) is 0 Å². The molecule has 11 heavy (non-hydrogen) atoms. The zero-order valence-corrected chi connectivity index (χ0v) is 7.47. The summed E-state index contributed by atoms with van der Waals surface area (Å²) < 4.78 is 0. The van der Waals surface area contributed by atoms with Crippen molar-refractivity contribution >= 4 is 0 Å². The molecular weight excluding hydrogens is 136 g/mol. The summed E-state index contributed by atoms with van der Waals surface area (Å²) in [4.78, 5) is 0. The van der Waals surface area contributed by atoms with Crippen LogP contribution in [0.3, 0.4) is 0 Å². The maximum atomic E-state index is 5.25. The summed E-state index contributed by atoms with van der Waals surface area (Å²) in [5.74, 6) is 5.25. The van der Waals surface area contributed by atoms with Crippen molar-refractivity contribution in [2.24, 2.45) is 5.84 Å². The molecule has 0 aromatic rings. The molecule has 0 aliphatic carbocycles. The van der Waals surface area contributed by atoms with Crippen molar-refractivity contribution in [1.82, 2.24) is 5.43 Å². The van der Waals surface area contributed by atoms with Gasteiger partial charge in [-0.2, -0.15) is 0 Å². The zero-order valence-electron chi connectivity index (χ0n) is 7.47. The van der Waals surface area contributed by atoms with Gasteiger partial charge in [-0.15, -0.1) is 6.58 Å². The molecule has 0 amide bonds. The minimum Gasteiger partial charge on any atom is -0.271 e. The molecule has 0 aromatic carbocycles. The van der Waals surface area contributed by atoms with Gasteiger partial charge in [-0.1, -0.05) is 18.9 Å². The first kappa shape index (κ1) is 10.7. The second-order valence-electron chi connectivity index (χ2n) is 2.99. The highest BCUT2D eigenvalue weighted by atomic mass is 15.2. The van der Waals surface area contributed by atoms with Gasteiger partial charge in [-0.3, -0.25) is 11.3 Å². The molecule has 0 radical (unpaired) electrons. The number of hydrogen-bond acceptors (Lipinski definition) is 2. The highest BCUT2D eigenvalue weighted by molar-refractivity contribution is 4.65. The Bertz CT molecular complexity index is 91.6. The van der Waals surface area contributed by atoms with Crippen LogP contribution in [0.1, 0.15) is 39.0 Å². The minimum absolute atomic E-state index is 0.457. The molecule has 0 aromatic heterocycles. The number of nitrogens with two attached hydrogens (primary N) is 1. The maximum Gasteiger partial charge on any atom is 0.0182 e. The van der Waals surface area contributed by atoms with Gasteiger partial charge in [0.05, 0.1) is 0 Å². The first-order valence-corrected chi connectivity index (χ1v) is 4.38. The monoisotopic (exact) mass is 156 g/mol. The number of allylic oxidation sites excluding steroid dienone is 1. The Morgan fingerprint density at radius 2 is 2.18 bits per heavy atom. The molecule has 0 bridgehead atoms. The SMILES string of the molecule is C=CCCCCCC(C)NN. The van der Waals surface area contributed by atoms with Crippen molar-refractivity contribution in [3.8, 4) is 0 Å². The summed E-state index contributed by atoms with van der Waals surface area (Å²) in [6.07, 6.45) is 8.11.